The van der Waals surface area contributed by atoms with Gasteiger partial charge in [-0.1, -0.05) is 0 Å². The van der Waals surface area contributed by atoms with Crippen molar-refractivity contribution in [3.8, 4) is 0 Å². The van der Waals surface area contributed by atoms with Crippen LogP contribution in [0.5, 0.6) is 0 Å². The molecular formula is C7H11NO2. The maximum atomic E-state index is 10.7. The second-order valence-electron chi connectivity index (χ2n) is 3.33. The van der Waals surface area contributed by atoms with Crippen LogP contribution in [0.15, 0.2) is 0 Å². The number of aliphatic carboxylic acids is 1. The van der Waals surface area contributed by atoms with Gasteiger partial charge in [0.1, 0.15) is 0 Å². The number of hydrogen-bond donors (Lipinski definition) is 2. The molecule has 10 heavy (non-hydrogen) atoms. The van der Waals surface area contributed by atoms with Gasteiger partial charge in [0.2, 0.25) is 0 Å². The van der Waals surface area contributed by atoms with Gasteiger partial charge in [0.05, 0.1) is 5.41 Å². The normalized spacial score (nSPS) is 44.2. The smallest absolute Gasteiger partial charge is 0.311 e. The lowest BCUT2D eigenvalue weighted by Crippen LogP contribution is -2.36. The molecule has 3 heteroatoms. The third-order valence-corrected chi connectivity index (χ3v) is 2.77. The summed E-state index contributed by atoms with van der Waals surface area (Å²) >= 11 is 0. The first-order valence-corrected chi connectivity index (χ1v) is 3.70. The molecule has 1 heterocycles. The van der Waals surface area contributed by atoms with Crippen LogP contribution in [0.2, 0.25) is 0 Å². The molecular weight excluding hydrogens is 130 g/mol. The largest absolute Gasteiger partial charge is 0.481 e. The predicted octanol–water partition coefficient (Wildman–Crippen LogP) is 0.0706. The van der Waals surface area contributed by atoms with Crippen LogP contribution in [0.1, 0.15) is 12.8 Å². The molecule has 1 aliphatic carbocycles. The molecule has 56 valence electrons. The highest BCUT2D eigenvalue weighted by molar-refractivity contribution is 5.79. The lowest BCUT2D eigenvalue weighted by atomic mass is 9.99. The molecule has 1 saturated carbocycles. The molecule has 2 fully saturated rings. The van der Waals surface area contributed by atoms with Crippen LogP contribution in [-0.4, -0.2) is 24.2 Å². The first-order chi connectivity index (χ1) is 4.76. The van der Waals surface area contributed by atoms with Gasteiger partial charge in [-0.15, -0.1) is 0 Å². The van der Waals surface area contributed by atoms with Gasteiger partial charge in [0.25, 0.3) is 0 Å². The Balaban J connectivity index is 2.12. The molecule has 0 aromatic heterocycles. The fourth-order valence-electron chi connectivity index (χ4n) is 1.90. The van der Waals surface area contributed by atoms with E-state index in [-0.39, 0.29) is 5.41 Å². The number of fused-ring (bicyclic) bond motifs is 1. The molecule has 0 aromatic rings. The number of nitrogens with one attached hydrogen (secondary N) is 1. The van der Waals surface area contributed by atoms with Crippen molar-refractivity contribution in [1.82, 2.24) is 5.32 Å². The van der Waals surface area contributed by atoms with Crippen molar-refractivity contribution in [2.75, 3.05) is 13.1 Å². The fourth-order valence-corrected chi connectivity index (χ4v) is 1.90. The Bertz CT molecular complexity index is 180. The van der Waals surface area contributed by atoms with Crippen LogP contribution in [0.3, 0.4) is 0 Å². The molecule has 0 aromatic carbocycles. The van der Waals surface area contributed by atoms with Crippen molar-refractivity contribution in [2.45, 2.75) is 12.8 Å². The molecule has 0 amide bonds. The van der Waals surface area contributed by atoms with Crippen LogP contribution in [0.4, 0.5) is 0 Å². The first-order valence-electron chi connectivity index (χ1n) is 3.70. The van der Waals surface area contributed by atoms with Crippen LogP contribution in [0.25, 0.3) is 0 Å². The molecule has 1 aliphatic heterocycles. The van der Waals surface area contributed by atoms with Crippen LogP contribution >= 0.6 is 0 Å². The molecule has 0 bridgehead atoms. The third kappa shape index (κ3) is 0.611. The SMILES string of the molecule is O=C(O)[C@@]12CNCC[C@@H]1C2. The molecule has 0 unspecified atom stereocenters. The number of hydrogen-bond acceptors (Lipinski definition) is 2. The summed E-state index contributed by atoms with van der Waals surface area (Å²) < 4.78 is 0. The topological polar surface area (TPSA) is 49.3 Å². The summed E-state index contributed by atoms with van der Waals surface area (Å²) in [4.78, 5) is 10.7. The summed E-state index contributed by atoms with van der Waals surface area (Å²) in [7, 11) is 0. The minimum Gasteiger partial charge on any atom is -0.481 e. The van der Waals surface area contributed by atoms with E-state index >= 15 is 0 Å². The highest BCUT2D eigenvalue weighted by Gasteiger charge is 2.60. The minimum absolute atomic E-state index is 0.349. The Morgan fingerprint density at radius 1 is 1.70 bits per heavy atom. The Morgan fingerprint density at radius 3 is 3.00 bits per heavy atom. The minimum atomic E-state index is -0.607. The van der Waals surface area contributed by atoms with Gasteiger partial charge in [-0.25, -0.2) is 0 Å². The van der Waals surface area contributed by atoms with Gasteiger partial charge < -0.3 is 10.4 Å². The Morgan fingerprint density at radius 2 is 2.50 bits per heavy atom. The highest BCUT2D eigenvalue weighted by Crippen LogP contribution is 2.55. The average Bonchev–Trinajstić information content (AvgIpc) is 2.61. The molecule has 2 aliphatic rings. The van der Waals surface area contributed by atoms with E-state index in [1.807, 2.05) is 0 Å². The average molecular weight is 141 g/mol. The van der Waals surface area contributed by atoms with E-state index < -0.39 is 5.97 Å². The predicted molar refractivity (Wildman–Crippen MR) is 35.7 cm³/mol. The van der Waals surface area contributed by atoms with E-state index in [0.29, 0.717) is 12.5 Å². The molecule has 1 saturated heterocycles. The van der Waals surface area contributed by atoms with Crippen molar-refractivity contribution in [3.63, 3.8) is 0 Å². The van der Waals surface area contributed by atoms with Crippen molar-refractivity contribution >= 4 is 5.97 Å². The number of rotatable bonds is 1. The van der Waals surface area contributed by atoms with E-state index in [1.54, 1.807) is 0 Å². The Hall–Kier alpha value is -0.570. The van der Waals surface area contributed by atoms with Crippen molar-refractivity contribution in [2.24, 2.45) is 11.3 Å². The van der Waals surface area contributed by atoms with Crippen LogP contribution in [0, 0.1) is 11.3 Å². The van der Waals surface area contributed by atoms with E-state index in [9.17, 15) is 4.79 Å². The zero-order chi connectivity index (χ0) is 7.19. The molecule has 2 N–H and O–H groups in total. The lowest BCUT2D eigenvalue weighted by molar-refractivity contribution is -0.144. The summed E-state index contributed by atoms with van der Waals surface area (Å²) in [5.41, 5.74) is -0.349. The van der Waals surface area contributed by atoms with Crippen LogP contribution < -0.4 is 5.32 Å². The number of carboxylic acids is 1. The van der Waals surface area contributed by atoms with Crippen LogP contribution in [-0.2, 0) is 4.79 Å². The highest BCUT2D eigenvalue weighted by atomic mass is 16.4. The van der Waals surface area contributed by atoms with E-state index in [1.165, 1.54) is 0 Å². The summed E-state index contributed by atoms with van der Waals surface area (Å²) in [6, 6.07) is 0. The Kier molecular flexibility index (Phi) is 1.06. The van der Waals surface area contributed by atoms with Gasteiger partial charge in [-0.3, -0.25) is 4.79 Å². The fraction of sp³-hybridized carbons (Fsp3) is 0.857. The second-order valence-corrected chi connectivity index (χ2v) is 3.33. The van der Waals surface area contributed by atoms with Gasteiger partial charge >= 0.3 is 5.97 Å². The summed E-state index contributed by atoms with van der Waals surface area (Å²) in [6.45, 7) is 1.69. The van der Waals surface area contributed by atoms with Gasteiger partial charge in [0.15, 0.2) is 0 Å². The van der Waals surface area contributed by atoms with E-state index in [0.717, 1.165) is 19.4 Å². The summed E-state index contributed by atoms with van der Waals surface area (Å²) in [6.07, 6.45) is 1.95. The number of carbonyl (C=O) groups is 1. The van der Waals surface area contributed by atoms with Crippen molar-refractivity contribution < 1.29 is 9.90 Å². The molecule has 2 rings (SSSR count). The molecule has 2 atom stereocenters. The third-order valence-electron chi connectivity index (χ3n) is 2.77. The number of carboxylic acid groups (broad SMARTS) is 1. The van der Waals surface area contributed by atoms with E-state index in [2.05, 4.69) is 5.32 Å². The number of piperidine rings is 1. The van der Waals surface area contributed by atoms with Gasteiger partial charge in [0, 0.05) is 6.54 Å². The molecule has 0 spiro atoms. The maximum Gasteiger partial charge on any atom is 0.311 e. The maximum absolute atomic E-state index is 10.7. The second kappa shape index (κ2) is 1.72. The Labute approximate surface area is 59.4 Å². The summed E-state index contributed by atoms with van der Waals surface area (Å²) in [5.74, 6) is -0.129. The van der Waals surface area contributed by atoms with E-state index in [4.69, 9.17) is 5.11 Å². The quantitative estimate of drug-likeness (QED) is 0.543. The zero-order valence-corrected chi connectivity index (χ0v) is 5.76. The van der Waals surface area contributed by atoms with Gasteiger partial charge in [-0.2, -0.15) is 0 Å². The summed E-state index contributed by atoms with van der Waals surface area (Å²) in [5, 5.41) is 11.9. The first kappa shape index (κ1) is 6.16. The zero-order valence-electron chi connectivity index (χ0n) is 5.76. The standard InChI is InChI=1S/C7H11NO2/c9-6(10)7-3-5(7)1-2-8-4-7/h5,8H,1-4H2,(H,9,10)/t5-,7+/m1/s1. The van der Waals surface area contributed by atoms with Crippen molar-refractivity contribution in [1.29, 1.82) is 0 Å². The lowest BCUT2D eigenvalue weighted by Gasteiger charge is -2.18. The van der Waals surface area contributed by atoms with Crippen molar-refractivity contribution in [3.05, 3.63) is 0 Å². The molecule has 0 radical (unpaired) electrons. The van der Waals surface area contributed by atoms with Gasteiger partial charge in [-0.05, 0) is 25.3 Å². The monoisotopic (exact) mass is 141 g/mol. The molecule has 3 nitrogen and oxygen atoms in total.